The van der Waals surface area contributed by atoms with Crippen LogP contribution in [0.15, 0.2) is 0 Å². The number of hydrogen-bond donors (Lipinski definition) is 0. The molecule has 3 nitrogen and oxygen atoms in total. The van der Waals surface area contributed by atoms with Gasteiger partial charge in [0.05, 0.1) is 5.92 Å². The van der Waals surface area contributed by atoms with Crippen LogP contribution in [0.5, 0.6) is 0 Å². The van der Waals surface area contributed by atoms with Crippen LogP contribution in [0.1, 0.15) is 46.5 Å². The summed E-state index contributed by atoms with van der Waals surface area (Å²) in [5, 5.41) is 0. The molecule has 1 saturated carbocycles. The maximum absolute atomic E-state index is 11.6. The van der Waals surface area contributed by atoms with E-state index >= 15 is 0 Å². The minimum Gasteiger partial charge on any atom is -0.300 e. The van der Waals surface area contributed by atoms with Crippen LogP contribution in [-0.2, 0) is 14.4 Å². The molecular weight excluding hydrogens is 192 g/mol. The highest BCUT2D eigenvalue weighted by molar-refractivity contribution is 6.10. The zero-order valence-electron chi connectivity index (χ0n) is 9.63. The van der Waals surface area contributed by atoms with E-state index in [1.165, 1.54) is 0 Å². The summed E-state index contributed by atoms with van der Waals surface area (Å²) in [6.45, 7) is 5.93. The van der Waals surface area contributed by atoms with Gasteiger partial charge in [0, 0.05) is 25.7 Å². The molecule has 0 heterocycles. The fourth-order valence-electron chi connectivity index (χ4n) is 1.89. The Morgan fingerprint density at radius 2 is 1.67 bits per heavy atom. The van der Waals surface area contributed by atoms with Gasteiger partial charge >= 0.3 is 0 Å². The quantitative estimate of drug-likeness (QED) is 0.669. The van der Waals surface area contributed by atoms with E-state index in [0.29, 0.717) is 19.3 Å². The predicted molar refractivity (Wildman–Crippen MR) is 56.4 cm³/mol. The minimum atomic E-state index is -0.625. The third-order valence-electron chi connectivity index (χ3n) is 2.55. The molecule has 1 aliphatic carbocycles. The Morgan fingerprint density at radius 3 is 2.07 bits per heavy atom. The summed E-state index contributed by atoms with van der Waals surface area (Å²) in [5.74, 6) is -0.708. The zero-order valence-corrected chi connectivity index (χ0v) is 9.63. The van der Waals surface area contributed by atoms with Gasteiger partial charge in [-0.2, -0.15) is 0 Å². The van der Waals surface area contributed by atoms with Crippen molar-refractivity contribution in [3.8, 4) is 0 Å². The molecule has 0 amide bonds. The summed E-state index contributed by atoms with van der Waals surface area (Å²) in [6, 6.07) is 0. The van der Waals surface area contributed by atoms with Gasteiger partial charge in [-0.05, 0) is 5.41 Å². The predicted octanol–water partition coefficient (Wildman–Crippen LogP) is 1.93. The maximum Gasteiger partial charge on any atom is 0.144 e. The van der Waals surface area contributed by atoms with Crippen molar-refractivity contribution in [1.82, 2.24) is 0 Å². The van der Waals surface area contributed by atoms with Crippen molar-refractivity contribution < 1.29 is 14.4 Å². The van der Waals surface area contributed by atoms with Gasteiger partial charge in [0.25, 0.3) is 0 Å². The normalized spacial score (nSPS) is 18.6. The van der Waals surface area contributed by atoms with Gasteiger partial charge in [0.2, 0.25) is 0 Å². The van der Waals surface area contributed by atoms with Crippen LogP contribution in [0.4, 0.5) is 0 Å². The largest absolute Gasteiger partial charge is 0.300 e. The Bertz CT molecular complexity index is 280. The van der Waals surface area contributed by atoms with Gasteiger partial charge in [0.15, 0.2) is 0 Å². The molecule has 0 N–H and O–H groups in total. The molecule has 0 aliphatic heterocycles. The van der Waals surface area contributed by atoms with E-state index in [4.69, 9.17) is 0 Å². The number of carbonyl (C=O) groups is 3. The molecule has 0 spiro atoms. The Hall–Kier alpha value is -0.990. The van der Waals surface area contributed by atoms with Crippen LogP contribution in [0.3, 0.4) is 0 Å². The van der Waals surface area contributed by atoms with Gasteiger partial charge in [0.1, 0.15) is 17.3 Å². The SMILES string of the molecule is CC(C)(C)CC(=O)CC1C(=O)CCC1=O. The van der Waals surface area contributed by atoms with Gasteiger partial charge in [-0.1, -0.05) is 20.8 Å². The first kappa shape index (κ1) is 12.1. The molecule has 1 fully saturated rings. The zero-order chi connectivity index (χ0) is 11.6. The van der Waals surface area contributed by atoms with Crippen LogP contribution in [0.25, 0.3) is 0 Å². The molecule has 3 heteroatoms. The number of hydrogen-bond acceptors (Lipinski definition) is 3. The maximum atomic E-state index is 11.6. The average molecular weight is 210 g/mol. The molecule has 15 heavy (non-hydrogen) atoms. The number of carbonyl (C=O) groups excluding carboxylic acids is 3. The lowest BCUT2D eigenvalue weighted by Gasteiger charge is -2.17. The molecule has 84 valence electrons. The first-order valence-electron chi connectivity index (χ1n) is 5.37. The van der Waals surface area contributed by atoms with E-state index in [1.807, 2.05) is 20.8 Å². The van der Waals surface area contributed by atoms with Crippen LogP contribution < -0.4 is 0 Å². The van der Waals surface area contributed by atoms with E-state index in [2.05, 4.69) is 0 Å². The van der Waals surface area contributed by atoms with Crippen molar-refractivity contribution in [3.63, 3.8) is 0 Å². The van der Waals surface area contributed by atoms with Crippen molar-refractivity contribution in [2.24, 2.45) is 11.3 Å². The van der Waals surface area contributed by atoms with Crippen LogP contribution >= 0.6 is 0 Å². The third kappa shape index (κ3) is 3.57. The highest BCUT2D eigenvalue weighted by Crippen LogP contribution is 2.25. The summed E-state index contributed by atoms with van der Waals surface area (Å²) in [6.07, 6.45) is 1.21. The average Bonchev–Trinajstić information content (AvgIpc) is 2.32. The van der Waals surface area contributed by atoms with Crippen molar-refractivity contribution in [1.29, 1.82) is 0 Å². The summed E-state index contributed by atoms with van der Waals surface area (Å²) in [4.78, 5) is 34.2. The van der Waals surface area contributed by atoms with Crippen molar-refractivity contribution in [3.05, 3.63) is 0 Å². The highest BCUT2D eigenvalue weighted by Gasteiger charge is 2.34. The molecule has 1 rings (SSSR count). The smallest absolute Gasteiger partial charge is 0.144 e. The van der Waals surface area contributed by atoms with Crippen LogP contribution in [0, 0.1) is 11.3 Å². The first-order valence-corrected chi connectivity index (χ1v) is 5.37. The first-order chi connectivity index (χ1) is 6.79. The highest BCUT2D eigenvalue weighted by atomic mass is 16.2. The van der Waals surface area contributed by atoms with Gasteiger partial charge in [-0.3, -0.25) is 14.4 Å². The van der Waals surface area contributed by atoms with Gasteiger partial charge < -0.3 is 0 Å². The minimum absolute atomic E-state index is 0.0242. The lowest BCUT2D eigenvalue weighted by atomic mass is 9.86. The molecule has 0 unspecified atom stereocenters. The summed E-state index contributed by atoms with van der Waals surface area (Å²) >= 11 is 0. The topological polar surface area (TPSA) is 51.2 Å². The Kier molecular flexibility index (Phi) is 3.42. The van der Waals surface area contributed by atoms with Gasteiger partial charge in [-0.25, -0.2) is 0 Å². The monoisotopic (exact) mass is 210 g/mol. The molecule has 0 aromatic rings. The van der Waals surface area contributed by atoms with E-state index in [0.717, 1.165) is 0 Å². The second-order valence-electron chi connectivity index (χ2n) is 5.47. The summed E-state index contributed by atoms with van der Waals surface area (Å²) in [7, 11) is 0. The summed E-state index contributed by atoms with van der Waals surface area (Å²) < 4.78 is 0. The van der Waals surface area contributed by atoms with Crippen LogP contribution in [0.2, 0.25) is 0 Å². The third-order valence-corrected chi connectivity index (χ3v) is 2.55. The fraction of sp³-hybridized carbons (Fsp3) is 0.750. The molecule has 0 saturated heterocycles. The standard InChI is InChI=1S/C12H18O3/c1-12(2,3)7-8(13)6-9-10(14)4-5-11(9)15/h9H,4-7H2,1-3H3. The van der Waals surface area contributed by atoms with Crippen molar-refractivity contribution >= 4 is 17.3 Å². The Morgan fingerprint density at radius 1 is 1.20 bits per heavy atom. The second-order valence-corrected chi connectivity index (χ2v) is 5.47. The lowest BCUT2D eigenvalue weighted by molar-refractivity contribution is -0.132. The molecule has 1 aliphatic rings. The van der Waals surface area contributed by atoms with E-state index < -0.39 is 5.92 Å². The fourth-order valence-corrected chi connectivity index (χ4v) is 1.89. The molecule has 0 atom stereocenters. The van der Waals surface area contributed by atoms with E-state index in [9.17, 15) is 14.4 Å². The van der Waals surface area contributed by atoms with E-state index in [-0.39, 0.29) is 29.2 Å². The van der Waals surface area contributed by atoms with E-state index in [1.54, 1.807) is 0 Å². The number of Topliss-reactive ketones (excluding diaryl/α,β-unsaturated/α-hetero) is 3. The van der Waals surface area contributed by atoms with Crippen LogP contribution in [-0.4, -0.2) is 17.3 Å². The summed E-state index contributed by atoms with van der Waals surface area (Å²) in [5.41, 5.74) is -0.0677. The number of ketones is 3. The molecule has 0 radical (unpaired) electrons. The molecular formula is C12H18O3. The van der Waals surface area contributed by atoms with Gasteiger partial charge in [-0.15, -0.1) is 0 Å². The van der Waals surface area contributed by atoms with Crippen molar-refractivity contribution in [2.45, 2.75) is 46.5 Å². The molecule has 0 bridgehead atoms. The second kappa shape index (κ2) is 4.25. The molecule has 0 aromatic carbocycles. The number of rotatable bonds is 3. The lowest BCUT2D eigenvalue weighted by Crippen LogP contribution is -2.21. The Balaban J connectivity index is 2.51. The van der Waals surface area contributed by atoms with Crippen molar-refractivity contribution in [2.75, 3.05) is 0 Å². The molecule has 0 aromatic heterocycles. The Labute approximate surface area is 90.2 Å².